The van der Waals surface area contributed by atoms with E-state index in [2.05, 4.69) is 24.4 Å². The number of nitrogens with one attached hydrogen (secondary N) is 1. The average Bonchev–Trinajstić information content (AvgIpc) is 2.92. The molecule has 1 atom stereocenters. The van der Waals surface area contributed by atoms with E-state index in [9.17, 15) is 4.79 Å². The predicted molar refractivity (Wildman–Crippen MR) is 74.8 cm³/mol. The first-order valence-electron chi connectivity index (χ1n) is 6.79. The number of hydrogen-bond acceptors (Lipinski definition) is 2. The lowest BCUT2D eigenvalue weighted by atomic mass is 10.1. The lowest BCUT2D eigenvalue weighted by molar-refractivity contribution is -0.121. The van der Waals surface area contributed by atoms with Crippen molar-refractivity contribution in [1.29, 1.82) is 0 Å². The van der Waals surface area contributed by atoms with Crippen LogP contribution in [0.2, 0.25) is 0 Å². The van der Waals surface area contributed by atoms with E-state index in [4.69, 9.17) is 0 Å². The molecule has 1 saturated heterocycles. The lowest BCUT2D eigenvalue weighted by Gasteiger charge is -2.21. The molecule has 98 valence electrons. The molecule has 1 N–H and O–H groups in total. The van der Waals surface area contributed by atoms with Crippen LogP contribution in [0.25, 0.3) is 0 Å². The van der Waals surface area contributed by atoms with Crippen LogP contribution >= 0.6 is 0 Å². The van der Waals surface area contributed by atoms with Crippen LogP contribution in [0.4, 0.5) is 5.69 Å². The van der Waals surface area contributed by atoms with Gasteiger partial charge in [-0.15, -0.1) is 0 Å². The topological polar surface area (TPSA) is 32.3 Å². The van der Waals surface area contributed by atoms with Crippen molar-refractivity contribution < 1.29 is 4.79 Å². The Kier molecular flexibility index (Phi) is 4.37. The predicted octanol–water partition coefficient (Wildman–Crippen LogP) is 2.21. The quantitative estimate of drug-likeness (QED) is 0.883. The van der Waals surface area contributed by atoms with E-state index in [0.717, 1.165) is 38.0 Å². The van der Waals surface area contributed by atoms with Gasteiger partial charge in [0.15, 0.2) is 0 Å². The molecule has 3 heteroatoms. The van der Waals surface area contributed by atoms with Gasteiger partial charge in [0.2, 0.25) is 5.91 Å². The van der Waals surface area contributed by atoms with Gasteiger partial charge in [-0.25, -0.2) is 0 Å². The third kappa shape index (κ3) is 2.91. The molecule has 1 aliphatic rings. The molecule has 1 aromatic rings. The fourth-order valence-corrected chi connectivity index (χ4v) is 2.44. The molecular formula is C15H22N2O. The van der Waals surface area contributed by atoms with Gasteiger partial charge in [0.05, 0.1) is 5.92 Å². The van der Waals surface area contributed by atoms with Crippen LogP contribution in [-0.2, 0) is 11.2 Å². The zero-order valence-corrected chi connectivity index (χ0v) is 11.3. The highest BCUT2D eigenvalue weighted by Crippen LogP contribution is 2.19. The Morgan fingerprint density at radius 1 is 1.39 bits per heavy atom. The number of benzene rings is 1. The largest absolute Gasteiger partial charge is 0.316 e. The zero-order valence-electron chi connectivity index (χ0n) is 11.3. The smallest absolute Gasteiger partial charge is 0.231 e. The molecule has 1 fully saturated rings. The monoisotopic (exact) mass is 246 g/mol. The minimum Gasteiger partial charge on any atom is -0.316 e. The van der Waals surface area contributed by atoms with E-state index in [1.807, 2.05) is 19.2 Å². The summed E-state index contributed by atoms with van der Waals surface area (Å²) in [7, 11) is 1.87. The first-order valence-corrected chi connectivity index (χ1v) is 6.79. The maximum Gasteiger partial charge on any atom is 0.231 e. The van der Waals surface area contributed by atoms with Crippen molar-refractivity contribution in [3.63, 3.8) is 0 Å². The highest BCUT2D eigenvalue weighted by atomic mass is 16.2. The molecule has 18 heavy (non-hydrogen) atoms. The molecule has 1 amide bonds. The summed E-state index contributed by atoms with van der Waals surface area (Å²) in [6.45, 7) is 3.95. The number of hydrogen-bond donors (Lipinski definition) is 1. The second kappa shape index (κ2) is 6.01. The van der Waals surface area contributed by atoms with Gasteiger partial charge >= 0.3 is 0 Å². The van der Waals surface area contributed by atoms with Crippen LogP contribution in [0.15, 0.2) is 24.3 Å². The summed E-state index contributed by atoms with van der Waals surface area (Å²) in [5.74, 6) is 0.369. The number of carbonyl (C=O) groups excluding carboxylic acids is 1. The maximum atomic E-state index is 12.2. The highest BCUT2D eigenvalue weighted by Gasteiger charge is 2.25. The van der Waals surface area contributed by atoms with Gasteiger partial charge in [0.1, 0.15) is 0 Å². The van der Waals surface area contributed by atoms with Gasteiger partial charge in [0, 0.05) is 19.3 Å². The van der Waals surface area contributed by atoms with Crippen molar-refractivity contribution >= 4 is 11.6 Å². The van der Waals surface area contributed by atoms with Crippen molar-refractivity contribution in [2.75, 3.05) is 25.0 Å². The maximum absolute atomic E-state index is 12.2. The minimum absolute atomic E-state index is 0.144. The molecule has 0 radical (unpaired) electrons. The zero-order chi connectivity index (χ0) is 13.0. The molecule has 1 aliphatic heterocycles. The number of amides is 1. The molecule has 1 aromatic carbocycles. The van der Waals surface area contributed by atoms with E-state index < -0.39 is 0 Å². The summed E-state index contributed by atoms with van der Waals surface area (Å²) in [5.41, 5.74) is 2.33. The van der Waals surface area contributed by atoms with Crippen molar-refractivity contribution in [3.05, 3.63) is 29.8 Å². The normalized spacial score (nSPS) is 18.9. The Hall–Kier alpha value is -1.35. The third-order valence-electron chi connectivity index (χ3n) is 3.60. The third-order valence-corrected chi connectivity index (χ3v) is 3.60. The van der Waals surface area contributed by atoms with Crippen LogP contribution in [0.3, 0.4) is 0 Å². The molecule has 1 unspecified atom stereocenters. The fraction of sp³-hybridized carbons (Fsp3) is 0.533. The fourth-order valence-electron chi connectivity index (χ4n) is 2.44. The number of anilines is 1. The van der Waals surface area contributed by atoms with E-state index in [-0.39, 0.29) is 11.8 Å². The van der Waals surface area contributed by atoms with Gasteiger partial charge in [0.25, 0.3) is 0 Å². The van der Waals surface area contributed by atoms with E-state index in [0.29, 0.717) is 0 Å². The van der Waals surface area contributed by atoms with Gasteiger partial charge < -0.3 is 10.2 Å². The molecule has 0 spiro atoms. The number of aryl methyl sites for hydroxylation is 1. The van der Waals surface area contributed by atoms with Gasteiger partial charge in [-0.05, 0) is 37.1 Å². The molecule has 0 bridgehead atoms. The molecule has 3 nitrogen and oxygen atoms in total. The lowest BCUT2D eigenvalue weighted by Crippen LogP contribution is -2.33. The standard InChI is InChI=1S/C15H22N2O/c1-3-4-12-5-7-14(8-6-12)17(2)15(18)13-9-10-16-11-13/h5-8,13,16H,3-4,9-11H2,1-2H3. The molecule has 0 saturated carbocycles. The van der Waals surface area contributed by atoms with E-state index in [1.54, 1.807) is 4.90 Å². The first-order chi connectivity index (χ1) is 8.72. The minimum atomic E-state index is 0.144. The van der Waals surface area contributed by atoms with E-state index in [1.165, 1.54) is 5.56 Å². The summed E-state index contributed by atoms with van der Waals surface area (Å²) >= 11 is 0. The molecule has 1 heterocycles. The number of rotatable bonds is 4. The van der Waals surface area contributed by atoms with Crippen molar-refractivity contribution in [1.82, 2.24) is 5.32 Å². The summed E-state index contributed by atoms with van der Waals surface area (Å²) in [4.78, 5) is 14.0. The SMILES string of the molecule is CCCc1ccc(N(C)C(=O)C2CCNC2)cc1. The van der Waals surface area contributed by atoms with Crippen LogP contribution in [-0.4, -0.2) is 26.0 Å². The summed E-state index contributed by atoms with van der Waals surface area (Å²) < 4.78 is 0. The van der Waals surface area contributed by atoms with Crippen LogP contribution in [0.5, 0.6) is 0 Å². The van der Waals surface area contributed by atoms with E-state index >= 15 is 0 Å². The Morgan fingerprint density at radius 3 is 2.67 bits per heavy atom. The van der Waals surface area contributed by atoms with Gasteiger partial charge in [-0.2, -0.15) is 0 Å². The molecule has 0 aliphatic carbocycles. The van der Waals surface area contributed by atoms with Crippen LogP contribution in [0, 0.1) is 5.92 Å². The van der Waals surface area contributed by atoms with Crippen molar-refractivity contribution in [2.45, 2.75) is 26.2 Å². The first kappa shape index (κ1) is 13.1. The number of nitrogens with zero attached hydrogens (tertiary/aromatic N) is 1. The van der Waals surface area contributed by atoms with Crippen molar-refractivity contribution in [2.24, 2.45) is 5.92 Å². The Balaban J connectivity index is 2.03. The Labute approximate surface area is 109 Å². The molecule has 2 rings (SSSR count). The van der Waals surface area contributed by atoms with Gasteiger partial charge in [-0.3, -0.25) is 4.79 Å². The van der Waals surface area contributed by atoms with Crippen molar-refractivity contribution in [3.8, 4) is 0 Å². The summed E-state index contributed by atoms with van der Waals surface area (Å²) in [5, 5.41) is 3.24. The Bertz CT molecular complexity index is 393. The number of carbonyl (C=O) groups is 1. The second-order valence-corrected chi connectivity index (χ2v) is 5.00. The van der Waals surface area contributed by atoms with Gasteiger partial charge in [-0.1, -0.05) is 25.5 Å². The van der Waals surface area contributed by atoms with Crippen LogP contribution in [0.1, 0.15) is 25.3 Å². The second-order valence-electron chi connectivity index (χ2n) is 5.00. The Morgan fingerprint density at radius 2 is 2.11 bits per heavy atom. The molecule has 0 aromatic heterocycles. The summed E-state index contributed by atoms with van der Waals surface area (Å²) in [6, 6.07) is 8.33. The highest BCUT2D eigenvalue weighted by molar-refractivity contribution is 5.94. The van der Waals surface area contributed by atoms with Crippen LogP contribution < -0.4 is 10.2 Å². The summed E-state index contributed by atoms with van der Waals surface area (Å²) in [6.07, 6.45) is 3.21. The molecular weight excluding hydrogens is 224 g/mol. The average molecular weight is 246 g/mol.